The second-order valence-electron chi connectivity index (χ2n) is 4.67. The molecule has 106 valence electrons. The van der Waals surface area contributed by atoms with E-state index in [1.807, 2.05) is 6.07 Å². The van der Waals surface area contributed by atoms with Crippen molar-refractivity contribution in [2.24, 2.45) is 0 Å². The minimum atomic E-state index is -3.66. The average molecular weight is 294 g/mol. The van der Waals surface area contributed by atoms with E-state index in [1.165, 1.54) is 0 Å². The molecule has 1 aliphatic heterocycles. The van der Waals surface area contributed by atoms with E-state index >= 15 is 0 Å². The number of benzene rings is 1. The molecule has 20 heavy (non-hydrogen) atoms. The lowest BCUT2D eigenvalue weighted by Crippen LogP contribution is -2.40. The lowest BCUT2D eigenvalue weighted by atomic mass is 10.2. The monoisotopic (exact) mass is 294 g/mol. The molecular formula is C13H14N2O4S. The average Bonchev–Trinajstić information content (AvgIpc) is 2.89. The van der Waals surface area contributed by atoms with Gasteiger partial charge in [-0.3, -0.25) is 4.79 Å². The van der Waals surface area contributed by atoms with Gasteiger partial charge in [-0.2, -0.15) is 9.57 Å². The summed E-state index contributed by atoms with van der Waals surface area (Å²) in [5.41, 5.74) is 0.996. The molecule has 1 atom stereocenters. The zero-order chi connectivity index (χ0) is 14.8. The molecule has 1 fully saturated rings. The fourth-order valence-electron chi connectivity index (χ4n) is 2.29. The zero-order valence-corrected chi connectivity index (χ0v) is 11.5. The van der Waals surface area contributed by atoms with E-state index in [0.29, 0.717) is 24.0 Å². The molecule has 0 bridgehead atoms. The Bertz CT molecular complexity index is 646. The molecule has 0 radical (unpaired) electrons. The molecule has 0 spiro atoms. The Kier molecular flexibility index (Phi) is 4.06. The summed E-state index contributed by atoms with van der Waals surface area (Å²) in [6, 6.07) is 7.23. The van der Waals surface area contributed by atoms with Crippen LogP contribution in [0.25, 0.3) is 0 Å². The molecular weight excluding hydrogens is 280 g/mol. The Morgan fingerprint density at radius 2 is 2.05 bits per heavy atom. The third-order valence-electron chi connectivity index (χ3n) is 3.28. The van der Waals surface area contributed by atoms with Crippen molar-refractivity contribution in [2.75, 3.05) is 6.54 Å². The lowest BCUT2D eigenvalue weighted by molar-refractivity contribution is -0.140. The summed E-state index contributed by atoms with van der Waals surface area (Å²) in [6.45, 7) is 0.246. The van der Waals surface area contributed by atoms with Crippen LogP contribution in [0.4, 0.5) is 0 Å². The van der Waals surface area contributed by atoms with Crippen LogP contribution < -0.4 is 0 Å². The van der Waals surface area contributed by atoms with Crippen molar-refractivity contribution in [3.8, 4) is 6.07 Å². The number of carbonyl (C=O) groups is 1. The molecule has 1 aromatic rings. The molecule has 1 heterocycles. The van der Waals surface area contributed by atoms with Crippen molar-refractivity contribution in [3.63, 3.8) is 0 Å². The summed E-state index contributed by atoms with van der Waals surface area (Å²) in [5.74, 6) is -1.35. The van der Waals surface area contributed by atoms with Crippen molar-refractivity contribution in [3.05, 3.63) is 35.4 Å². The van der Waals surface area contributed by atoms with E-state index in [1.54, 1.807) is 24.3 Å². The Labute approximate surface area is 117 Å². The summed E-state index contributed by atoms with van der Waals surface area (Å²) >= 11 is 0. The lowest BCUT2D eigenvalue weighted by Gasteiger charge is -2.20. The Morgan fingerprint density at radius 3 is 2.60 bits per heavy atom. The van der Waals surface area contributed by atoms with Crippen LogP contribution in [-0.4, -0.2) is 36.4 Å². The van der Waals surface area contributed by atoms with Crippen molar-refractivity contribution < 1.29 is 18.3 Å². The van der Waals surface area contributed by atoms with Gasteiger partial charge in [-0.25, -0.2) is 8.42 Å². The highest BCUT2D eigenvalue weighted by Crippen LogP contribution is 2.23. The summed E-state index contributed by atoms with van der Waals surface area (Å²) < 4.78 is 25.6. The molecule has 0 saturated carbocycles. The second kappa shape index (κ2) is 5.61. The number of hydrogen-bond donors (Lipinski definition) is 1. The highest BCUT2D eigenvalue weighted by Gasteiger charge is 2.38. The first-order chi connectivity index (χ1) is 9.44. The first-order valence-electron chi connectivity index (χ1n) is 6.15. The number of nitrogens with zero attached hydrogens (tertiary/aromatic N) is 2. The summed E-state index contributed by atoms with van der Waals surface area (Å²) in [7, 11) is -3.66. The van der Waals surface area contributed by atoms with Gasteiger partial charge in [-0.1, -0.05) is 12.1 Å². The molecule has 0 aliphatic carbocycles. The Hall–Kier alpha value is -1.91. The minimum Gasteiger partial charge on any atom is -0.480 e. The molecule has 2 rings (SSSR count). The fraction of sp³-hybridized carbons (Fsp3) is 0.385. The maximum Gasteiger partial charge on any atom is 0.322 e. The summed E-state index contributed by atoms with van der Waals surface area (Å²) in [6.07, 6.45) is 0.908. The van der Waals surface area contributed by atoms with Crippen LogP contribution in [0, 0.1) is 11.3 Å². The number of carboxylic acid groups (broad SMARTS) is 1. The maximum atomic E-state index is 12.3. The number of hydrogen-bond acceptors (Lipinski definition) is 4. The number of rotatable bonds is 4. The van der Waals surface area contributed by atoms with Gasteiger partial charge in [-0.15, -0.1) is 0 Å². The van der Waals surface area contributed by atoms with E-state index in [0.717, 1.165) is 4.31 Å². The van der Waals surface area contributed by atoms with Crippen LogP contribution in [0.1, 0.15) is 24.0 Å². The van der Waals surface area contributed by atoms with Crippen LogP contribution in [0.5, 0.6) is 0 Å². The first kappa shape index (κ1) is 14.5. The van der Waals surface area contributed by atoms with Gasteiger partial charge in [0, 0.05) is 6.54 Å². The molecule has 1 aromatic carbocycles. The van der Waals surface area contributed by atoms with Gasteiger partial charge in [-0.05, 0) is 30.5 Å². The van der Waals surface area contributed by atoms with E-state index in [4.69, 9.17) is 10.4 Å². The first-order valence-corrected chi connectivity index (χ1v) is 7.76. The molecule has 1 saturated heterocycles. The van der Waals surface area contributed by atoms with Gasteiger partial charge in [0.05, 0.1) is 17.4 Å². The molecule has 1 N–H and O–H groups in total. The Morgan fingerprint density at radius 1 is 1.40 bits per heavy atom. The topological polar surface area (TPSA) is 98.5 Å². The van der Waals surface area contributed by atoms with Gasteiger partial charge in [0.15, 0.2) is 0 Å². The van der Waals surface area contributed by atoms with Crippen LogP contribution in [-0.2, 0) is 20.6 Å². The molecule has 1 aliphatic rings. The third kappa shape index (κ3) is 2.98. The zero-order valence-electron chi connectivity index (χ0n) is 10.7. The predicted octanol–water partition coefficient (Wildman–Crippen LogP) is 0.937. The SMILES string of the molecule is N#Cc1ccc(CS(=O)(=O)N2CCC[C@@H]2C(=O)O)cc1. The standard InChI is InChI=1S/C13H14N2O4S/c14-8-10-3-5-11(6-4-10)9-20(18,19)15-7-1-2-12(15)13(16)17/h3-6,12H,1-2,7,9H2,(H,16,17)/t12-/m1/s1. The molecule has 0 amide bonds. The number of sulfonamides is 1. The van der Waals surface area contributed by atoms with E-state index in [2.05, 4.69) is 0 Å². The van der Waals surface area contributed by atoms with Crippen molar-refractivity contribution >= 4 is 16.0 Å². The maximum absolute atomic E-state index is 12.3. The normalized spacial score (nSPS) is 19.6. The van der Waals surface area contributed by atoms with E-state index in [-0.39, 0.29) is 12.3 Å². The van der Waals surface area contributed by atoms with Crippen molar-refractivity contribution in [1.29, 1.82) is 5.26 Å². The van der Waals surface area contributed by atoms with E-state index < -0.39 is 22.0 Å². The highest BCUT2D eigenvalue weighted by molar-refractivity contribution is 7.88. The minimum absolute atomic E-state index is 0.246. The molecule has 7 heteroatoms. The largest absolute Gasteiger partial charge is 0.480 e. The quantitative estimate of drug-likeness (QED) is 0.891. The Balaban J connectivity index is 2.18. The van der Waals surface area contributed by atoms with Crippen LogP contribution in [0.2, 0.25) is 0 Å². The molecule has 0 aromatic heterocycles. The second-order valence-corrected chi connectivity index (χ2v) is 6.59. The highest BCUT2D eigenvalue weighted by atomic mass is 32.2. The fourth-order valence-corrected chi connectivity index (χ4v) is 4.06. The van der Waals surface area contributed by atoms with Crippen LogP contribution in [0.15, 0.2) is 24.3 Å². The van der Waals surface area contributed by atoms with Crippen molar-refractivity contribution in [2.45, 2.75) is 24.6 Å². The number of aliphatic carboxylic acids is 1. The predicted molar refractivity (Wildman–Crippen MR) is 71.1 cm³/mol. The smallest absolute Gasteiger partial charge is 0.322 e. The number of nitriles is 1. The summed E-state index contributed by atoms with van der Waals surface area (Å²) in [5, 5.41) is 17.7. The molecule has 0 unspecified atom stereocenters. The van der Waals surface area contributed by atoms with Gasteiger partial charge in [0.2, 0.25) is 10.0 Å². The number of carboxylic acids is 1. The van der Waals surface area contributed by atoms with E-state index in [9.17, 15) is 13.2 Å². The van der Waals surface area contributed by atoms with Crippen LogP contribution in [0.3, 0.4) is 0 Å². The molecule has 6 nitrogen and oxygen atoms in total. The van der Waals surface area contributed by atoms with Gasteiger partial charge in [0.25, 0.3) is 0 Å². The van der Waals surface area contributed by atoms with Gasteiger partial charge in [0.1, 0.15) is 6.04 Å². The third-order valence-corrected chi connectivity index (χ3v) is 5.13. The van der Waals surface area contributed by atoms with Crippen molar-refractivity contribution in [1.82, 2.24) is 4.31 Å². The van der Waals surface area contributed by atoms with Gasteiger partial charge >= 0.3 is 5.97 Å². The summed E-state index contributed by atoms with van der Waals surface area (Å²) in [4.78, 5) is 11.1. The van der Waals surface area contributed by atoms with Crippen LogP contribution >= 0.6 is 0 Å². The van der Waals surface area contributed by atoms with Gasteiger partial charge < -0.3 is 5.11 Å².